The predicted molar refractivity (Wildman–Crippen MR) is 78.0 cm³/mol. The van der Waals surface area contributed by atoms with Crippen molar-refractivity contribution in [3.05, 3.63) is 41.1 Å². The minimum atomic E-state index is -4.55. The van der Waals surface area contributed by atoms with Gasteiger partial charge in [0.2, 0.25) is 0 Å². The Morgan fingerprint density at radius 3 is 3.04 bits per heavy atom. The molecule has 0 saturated carbocycles. The molecule has 2 aromatic rings. The molecule has 2 aromatic heterocycles. The number of urea groups is 1. The SMILES string of the molecule is Cn1cc(CNC(=O)NC2CCCc3occc32)c(C(F)(F)F)n1. The van der Waals surface area contributed by atoms with Crippen LogP contribution in [-0.4, -0.2) is 15.8 Å². The normalized spacial score (nSPS) is 17.4. The summed E-state index contributed by atoms with van der Waals surface area (Å²) >= 11 is 0. The number of alkyl halides is 3. The van der Waals surface area contributed by atoms with Crippen molar-refractivity contribution in [1.29, 1.82) is 0 Å². The molecule has 3 rings (SSSR count). The number of nitrogens with zero attached hydrogens (tertiary/aromatic N) is 2. The van der Waals surface area contributed by atoms with Crippen LogP contribution in [0.4, 0.5) is 18.0 Å². The summed E-state index contributed by atoms with van der Waals surface area (Å²) in [6.45, 7) is -0.251. The third-order valence-corrected chi connectivity index (χ3v) is 3.97. The van der Waals surface area contributed by atoms with Gasteiger partial charge in [-0.1, -0.05) is 0 Å². The number of aryl methyl sites for hydroxylation is 2. The van der Waals surface area contributed by atoms with E-state index in [0.29, 0.717) is 0 Å². The van der Waals surface area contributed by atoms with E-state index in [1.165, 1.54) is 13.2 Å². The third kappa shape index (κ3) is 3.39. The van der Waals surface area contributed by atoms with Crippen molar-refractivity contribution in [1.82, 2.24) is 20.4 Å². The van der Waals surface area contributed by atoms with Gasteiger partial charge in [0.1, 0.15) is 5.76 Å². The lowest BCUT2D eigenvalue weighted by Crippen LogP contribution is -2.38. The van der Waals surface area contributed by atoms with Crippen molar-refractivity contribution in [3.8, 4) is 0 Å². The molecule has 1 unspecified atom stereocenters. The lowest BCUT2D eigenvalue weighted by molar-refractivity contribution is -0.142. The molecule has 0 aromatic carbocycles. The number of rotatable bonds is 3. The number of aromatic nitrogens is 2. The molecule has 1 aliphatic rings. The highest BCUT2D eigenvalue weighted by Gasteiger charge is 2.37. The number of nitrogens with one attached hydrogen (secondary N) is 2. The van der Waals surface area contributed by atoms with Gasteiger partial charge in [0.05, 0.1) is 12.3 Å². The standard InChI is InChI=1S/C15H17F3N4O2/c1-22-8-9(13(21-22)15(16,17)18)7-19-14(23)20-11-3-2-4-12-10(11)5-6-24-12/h5-6,8,11H,2-4,7H2,1H3,(H2,19,20,23). The number of carbonyl (C=O) groups is 1. The average molecular weight is 342 g/mol. The maximum absolute atomic E-state index is 12.9. The molecular weight excluding hydrogens is 325 g/mol. The summed E-state index contributed by atoms with van der Waals surface area (Å²) in [5.41, 5.74) is -0.137. The fraction of sp³-hybridized carbons (Fsp3) is 0.467. The Balaban J connectivity index is 1.62. The first-order valence-corrected chi connectivity index (χ1v) is 7.55. The highest BCUT2D eigenvalue weighted by Crippen LogP contribution is 2.31. The summed E-state index contributed by atoms with van der Waals surface area (Å²) in [5, 5.41) is 8.64. The molecule has 0 aliphatic heterocycles. The molecular formula is C15H17F3N4O2. The molecule has 2 heterocycles. The summed E-state index contributed by atoms with van der Waals surface area (Å²) in [6.07, 6.45) is 0.745. The van der Waals surface area contributed by atoms with Crippen LogP contribution in [0.2, 0.25) is 0 Å². The molecule has 2 amide bonds. The second-order valence-electron chi connectivity index (χ2n) is 5.75. The second kappa shape index (κ2) is 6.21. The van der Waals surface area contributed by atoms with E-state index < -0.39 is 17.9 Å². The number of hydrogen-bond donors (Lipinski definition) is 2. The Bertz CT molecular complexity index is 735. The number of furan rings is 1. The molecule has 0 bridgehead atoms. The molecule has 24 heavy (non-hydrogen) atoms. The molecule has 0 spiro atoms. The minimum Gasteiger partial charge on any atom is -0.469 e. The quantitative estimate of drug-likeness (QED) is 0.901. The van der Waals surface area contributed by atoms with E-state index in [9.17, 15) is 18.0 Å². The van der Waals surface area contributed by atoms with Crippen LogP contribution in [0.3, 0.4) is 0 Å². The van der Waals surface area contributed by atoms with Crippen molar-refractivity contribution in [2.45, 2.75) is 38.0 Å². The van der Waals surface area contributed by atoms with Crippen molar-refractivity contribution in [2.75, 3.05) is 0 Å². The van der Waals surface area contributed by atoms with Crippen LogP contribution < -0.4 is 10.6 Å². The van der Waals surface area contributed by atoms with Gasteiger partial charge in [-0.3, -0.25) is 4.68 Å². The molecule has 0 fully saturated rings. The van der Waals surface area contributed by atoms with Gasteiger partial charge in [0, 0.05) is 37.3 Å². The number of halogens is 3. The van der Waals surface area contributed by atoms with Crippen LogP contribution in [0.25, 0.3) is 0 Å². The number of amides is 2. The predicted octanol–water partition coefficient (Wildman–Crippen LogP) is 2.91. The lowest BCUT2D eigenvalue weighted by Gasteiger charge is -2.22. The second-order valence-corrected chi connectivity index (χ2v) is 5.75. The first kappa shape index (κ1) is 16.4. The third-order valence-electron chi connectivity index (χ3n) is 3.97. The first-order chi connectivity index (χ1) is 11.3. The van der Waals surface area contributed by atoms with E-state index in [2.05, 4.69) is 15.7 Å². The van der Waals surface area contributed by atoms with Crippen LogP contribution >= 0.6 is 0 Å². The molecule has 1 atom stereocenters. The summed E-state index contributed by atoms with van der Waals surface area (Å²) in [6, 6.07) is 1.09. The lowest BCUT2D eigenvalue weighted by atomic mass is 9.93. The van der Waals surface area contributed by atoms with Crippen molar-refractivity contribution in [3.63, 3.8) is 0 Å². The van der Waals surface area contributed by atoms with Crippen molar-refractivity contribution >= 4 is 6.03 Å². The molecule has 0 radical (unpaired) electrons. The highest BCUT2D eigenvalue weighted by atomic mass is 19.4. The largest absolute Gasteiger partial charge is 0.469 e. The summed E-state index contributed by atoms with van der Waals surface area (Å²) < 4.78 is 45.0. The first-order valence-electron chi connectivity index (χ1n) is 7.55. The molecule has 2 N–H and O–H groups in total. The van der Waals surface area contributed by atoms with Gasteiger partial charge >= 0.3 is 12.2 Å². The zero-order chi connectivity index (χ0) is 17.3. The van der Waals surface area contributed by atoms with Gasteiger partial charge in [0.15, 0.2) is 5.69 Å². The Labute approximate surface area is 136 Å². The molecule has 9 heteroatoms. The zero-order valence-electron chi connectivity index (χ0n) is 13.0. The number of carbonyl (C=O) groups excluding carboxylic acids is 1. The Kier molecular flexibility index (Phi) is 4.25. The van der Waals surface area contributed by atoms with E-state index in [1.807, 2.05) is 6.07 Å². The smallest absolute Gasteiger partial charge is 0.435 e. The summed E-state index contributed by atoms with van der Waals surface area (Å²) in [4.78, 5) is 12.0. The number of fused-ring (bicyclic) bond motifs is 1. The highest BCUT2D eigenvalue weighted by molar-refractivity contribution is 5.74. The molecule has 6 nitrogen and oxygen atoms in total. The van der Waals surface area contributed by atoms with Crippen LogP contribution in [0.1, 0.15) is 41.5 Å². The monoisotopic (exact) mass is 342 g/mol. The fourth-order valence-corrected chi connectivity index (χ4v) is 2.93. The Morgan fingerprint density at radius 1 is 1.50 bits per heavy atom. The summed E-state index contributed by atoms with van der Waals surface area (Å²) in [5.74, 6) is 0.846. The van der Waals surface area contributed by atoms with Gasteiger partial charge < -0.3 is 15.1 Å². The van der Waals surface area contributed by atoms with Gasteiger partial charge in [-0.25, -0.2) is 4.79 Å². The van der Waals surface area contributed by atoms with Gasteiger partial charge in [-0.15, -0.1) is 0 Å². The molecule has 0 saturated heterocycles. The Morgan fingerprint density at radius 2 is 2.29 bits per heavy atom. The van der Waals surface area contributed by atoms with Gasteiger partial charge in [-0.2, -0.15) is 18.3 Å². The Hall–Kier alpha value is -2.45. The van der Waals surface area contributed by atoms with Crippen molar-refractivity contribution < 1.29 is 22.4 Å². The van der Waals surface area contributed by atoms with Crippen molar-refractivity contribution in [2.24, 2.45) is 7.05 Å². The van der Waals surface area contributed by atoms with Crippen LogP contribution in [0.5, 0.6) is 0 Å². The van der Waals surface area contributed by atoms with Crippen LogP contribution in [0.15, 0.2) is 22.9 Å². The number of hydrogen-bond acceptors (Lipinski definition) is 3. The van der Waals surface area contributed by atoms with Crippen LogP contribution in [0, 0.1) is 0 Å². The summed E-state index contributed by atoms with van der Waals surface area (Å²) in [7, 11) is 1.40. The topological polar surface area (TPSA) is 72.1 Å². The maximum atomic E-state index is 12.9. The van der Waals surface area contributed by atoms with Crippen LogP contribution in [-0.2, 0) is 26.2 Å². The molecule has 130 valence electrons. The van der Waals surface area contributed by atoms with E-state index in [-0.39, 0.29) is 18.2 Å². The maximum Gasteiger partial charge on any atom is 0.435 e. The van der Waals surface area contributed by atoms with E-state index in [4.69, 9.17) is 4.42 Å². The van der Waals surface area contributed by atoms with E-state index in [1.54, 1.807) is 6.26 Å². The minimum absolute atomic E-state index is 0.0761. The zero-order valence-corrected chi connectivity index (χ0v) is 13.0. The van der Waals surface area contributed by atoms with E-state index >= 15 is 0 Å². The van der Waals surface area contributed by atoms with Gasteiger partial charge in [-0.05, 0) is 18.9 Å². The molecule has 1 aliphatic carbocycles. The average Bonchev–Trinajstić information content (AvgIpc) is 3.11. The fourth-order valence-electron chi connectivity index (χ4n) is 2.93. The van der Waals surface area contributed by atoms with E-state index in [0.717, 1.165) is 35.3 Å². The van der Waals surface area contributed by atoms with Gasteiger partial charge in [0.25, 0.3) is 0 Å².